The van der Waals surface area contributed by atoms with Crippen molar-refractivity contribution in [2.75, 3.05) is 19.6 Å². The molecule has 1 aromatic carbocycles. The molecular formula is C15H24N2O. The molecule has 1 aromatic rings. The lowest BCUT2D eigenvalue weighted by Crippen LogP contribution is -2.30. The van der Waals surface area contributed by atoms with Gasteiger partial charge >= 0.3 is 0 Å². The third-order valence-electron chi connectivity index (χ3n) is 2.66. The molecule has 100 valence electrons. The Labute approximate surface area is 110 Å². The van der Waals surface area contributed by atoms with Crippen LogP contribution in [0.5, 0.6) is 0 Å². The van der Waals surface area contributed by atoms with Crippen molar-refractivity contribution in [1.29, 1.82) is 0 Å². The van der Waals surface area contributed by atoms with Gasteiger partial charge in [-0.25, -0.2) is 0 Å². The van der Waals surface area contributed by atoms with Crippen LogP contribution in [0.25, 0.3) is 0 Å². The second kappa shape index (κ2) is 8.70. The molecule has 0 saturated heterocycles. The second-order valence-electron chi connectivity index (χ2n) is 4.93. The molecule has 0 atom stereocenters. The largest absolute Gasteiger partial charge is 0.356 e. The maximum Gasteiger partial charge on any atom is 0.221 e. The summed E-state index contributed by atoms with van der Waals surface area (Å²) in [7, 11) is 0. The van der Waals surface area contributed by atoms with Gasteiger partial charge in [-0.05, 0) is 24.4 Å². The molecule has 0 aromatic heterocycles. The van der Waals surface area contributed by atoms with Crippen LogP contribution < -0.4 is 10.6 Å². The summed E-state index contributed by atoms with van der Waals surface area (Å²) in [4.78, 5) is 11.5. The highest BCUT2D eigenvalue weighted by atomic mass is 16.1. The molecule has 0 saturated carbocycles. The fraction of sp³-hybridized carbons (Fsp3) is 0.533. The van der Waals surface area contributed by atoms with E-state index >= 15 is 0 Å². The Balaban J connectivity index is 2.03. The van der Waals surface area contributed by atoms with Gasteiger partial charge in [-0.3, -0.25) is 4.79 Å². The van der Waals surface area contributed by atoms with Crippen LogP contribution in [0, 0.1) is 5.92 Å². The first-order chi connectivity index (χ1) is 8.68. The first-order valence-corrected chi connectivity index (χ1v) is 6.70. The second-order valence-corrected chi connectivity index (χ2v) is 4.93. The minimum Gasteiger partial charge on any atom is -0.356 e. The van der Waals surface area contributed by atoms with E-state index in [-0.39, 0.29) is 5.91 Å². The van der Waals surface area contributed by atoms with Crippen LogP contribution in [-0.4, -0.2) is 25.5 Å². The van der Waals surface area contributed by atoms with E-state index in [4.69, 9.17) is 0 Å². The molecule has 0 aliphatic carbocycles. The molecule has 1 rings (SSSR count). The van der Waals surface area contributed by atoms with Gasteiger partial charge in [0.25, 0.3) is 0 Å². The Bertz CT molecular complexity index is 336. The minimum absolute atomic E-state index is 0.127. The topological polar surface area (TPSA) is 41.1 Å². The highest BCUT2D eigenvalue weighted by Gasteiger charge is 2.00. The van der Waals surface area contributed by atoms with Crippen LogP contribution in [0.15, 0.2) is 30.3 Å². The molecule has 2 N–H and O–H groups in total. The lowest BCUT2D eigenvalue weighted by atomic mass is 10.1. The molecule has 0 unspecified atom stereocenters. The van der Waals surface area contributed by atoms with Crippen molar-refractivity contribution < 1.29 is 4.79 Å². The molecule has 0 aliphatic heterocycles. The van der Waals surface area contributed by atoms with Gasteiger partial charge in [-0.1, -0.05) is 44.2 Å². The van der Waals surface area contributed by atoms with Crippen LogP contribution >= 0.6 is 0 Å². The summed E-state index contributed by atoms with van der Waals surface area (Å²) in [6, 6.07) is 10.2. The van der Waals surface area contributed by atoms with Crippen LogP contribution in [0.1, 0.15) is 25.8 Å². The van der Waals surface area contributed by atoms with E-state index < -0.39 is 0 Å². The Morgan fingerprint density at radius 1 is 1.17 bits per heavy atom. The average molecular weight is 248 g/mol. The van der Waals surface area contributed by atoms with Gasteiger partial charge in [0.1, 0.15) is 0 Å². The summed E-state index contributed by atoms with van der Waals surface area (Å²) < 4.78 is 0. The highest BCUT2D eigenvalue weighted by Crippen LogP contribution is 1.98. The zero-order valence-electron chi connectivity index (χ0n) is 11.4. The fourth-order valence-corrected chi connectivity index (χ4v) is 1.67. The van der Waals surface area contributed by atoms with E-state index in [0.717, 1.165) is 19.5 Å². The van der Waals surface area contributed by atoms with Crippen LogP contribution in [-0.2, 0) is 11.2 Å². The molecular weight excluding hydrogens is 224 g/mol. The molecule has 3 nitrogen and oxygen atoms in total. The number of hydrogen-bond acceptors (Lipinski definition) is 2. The van der Waals surface area contributed by atoms with Gasteiger partial charge in [0.05, 0.1) is 0 Å². The van der Waals surface area contributed by atoms with Crippen LogP contribution in [0.4, 0.5) is 0 Å². The smallest absolute Gasteiger partial charge is 0.221 e. The first kappa shape index (κ1) is 14.7. The van der Waals surface area contributed by atoms with Gasteiger partial charge < -0.3 is 10.6 Å². The Kier molecular flexibility index (Phi) is 7.11. The lowest BCUT2D eigenvalue weighted by Gasteiger charge is -2.08. The first-order valence-electron chi connectivity index (χ1n) is 6.70. The molecule has 0 heterocycles. The Morgan fingerprint density at radius 2 is 1.89 bits per heavy atom. The van der Waals surface area contributed by atoms with E-state index in [2.05, 4.69) is 36.6 Å². The molecule has 0 fully saturated rings. The number of carbonyl (C=O) groups is 1. The number of benzene rings is 1. The van der Waals surface area contributed by atoms with Crippen molar-refractivity contribution in [3.8, 4) is 0 Å². The van der Waals surface area contributed by atoms with E-state index in [1.54, 1.807) is 0 Å². The molecule has 0 aliphatic rings. The zero-order chi connectivity index (χ0) is 13.2. The predicted molar refractivity (Wildman–Crippen MR) is 75.5 cm³/mol. The highest BCUT2D eigenvalue weighted by molar-refractivity contribution is 5.76. The predicted octanol–water partition coefficient (Wildman–Crippen LogP) is 1.98. The third-order valence-corrected chi connectivity index (χ3v) is 2.66. The van der Waals surface area contributed by atoms with Crippen molar-refractivity contribution in [1.82, 2.24) is 10.6 Å². The standard InChI is InChI=1S/C15H24N2O/c1-13(2)12-16-10-9-15(18)17-11-8-14-6-4-3-5-7-14/h3-7,13,16H,8-12H2,1-2H3,(H,17,18). The van der Waals surface area contributed by atoms with Gasteiger partial charge in [-0.15, -0.1) is 0 Å². The number of hydrogen-bond donors (Lipinski definition) is 2. The molecule has 0 spiro atoms. The quantitative estimate of drug-likeness (QED) is 0.691. The summed E-state index contributed by atoms with van der Waals surface area (Å²) in [6.45, 7) is 6.76. The molecule has 0 radical (unpaired) electrons. The maximum atomic E-state index is 11.5. The van der Waals surface area contributed by atoms with Crippen molar-refractivity contribution in [2.24, 2.45) is 5.92 Å². The van der Waals surface area contributed by atoms with Crippen molar-refractivity contribution >= 4 is 5.91 Å². The maximum absolute atomic E-state index is 11.5. The summed E-state index contributed by atoms with van der Waals surface area (Å²) in [5.74, 6) is 0.758. The SMILES string of the molecule is CC(C)CNCCC(=O)NCCc1ccccc1. The van der Waals surface area contributed by atoms with Crippen LogP contribution in [0.3, 0.4) is 0 Å². The average Bonchev–Trinajstić information content (AvgIpc) is 2.36. The number of nitrogens with one attached hydrogen (secondary N) is 2. The summed E-state index contributed by atoms with van der Waals surface area (Å²) in [6.07, 6.45) is 1.45. The molecule has 0 bridgehead atoms. The third kappa shape index (κ3) is 7.07. The van der Waals surface area contributed by atoms with Crippen molar-refractivity contribution in [3.63, 3.8) is 0 Å². The minimum atomic E-state index is 0.127. The number of carbonyl (C=O) groups excluding carboxylic acids is 1. The zero-order valence-corrected chi connectivity index (χ0v) is 11.4. The lowest BCUT2D eigenvalue weighted by molar-refractivity contribution is -0.120. The summed E-state index contributed by atoms with van der Waals surface area (Å²) >= 11 is 0. The van der Waals surface area contributed by atoms with Gasteiger partial charge in [0.15, 0.2) is 0 Å². The van der Waals surface area contributed by atoms with Gasteiger partial charge in [-0.2, -0.15) is 0 Å². The number of rotatable bonds is 8. The fourth-order valence-electron chi connectivity index (χ4n) is 1.67. The normalized spacial score (nSPS) is 10.6. The van der Waals surface area contributed by atoms with E-state index in [1.807, 2.05) is 18.2 Å². The van der Waals surface area contributed by atoms with Crippen LogP contribution in [0.2, 0.25) is 0 Å². The summed E-state index contributed by atoms with van der Waals surface area (Å²) in [5, 5.41) is 6.20. The van der Waals surface area contributed by atoms with Gasteiger partial charge in [0, 0.05) is 19.5 Å². The van der Waals surface area contributed by atoms with Crippen molar-refractivity contribution in [3.05, 3.63) is 35.9 Å². The van der Waals surface area contributed by atoms with E-state index in [0.29, 0.717) is 18.9 Å². The summed E-state index contributed by atoms with van der Waals surface area (Å²) in [5.41, 5.74) is 1.26. The monoisotopic (exact) mass is 248 g/mol. The van der Waals surface area contributed by atoms with Gasteiger partial charge in [0.2, 0.25) is 5.91 Å². The molecule has 3 heteroatoms. The number of amides is 1. The molecule has 1 amide bonds. The van der Waals surface area contributed by atoms with E-state index in [1.165, 1.54) is 5.56 Å². The Morgan fingerprint density at radius 3 is 2.56 bits per heavy atom. The molecule has 18 heavy (non-hydrogen) atoms. The van der Waals surface area contributed by atoms with E-state index in [9.17, 15) is 4.79 Å². The Hall–Kier alpha value is -1.35. The van der Waals surface area contributed by atoms with Crippen molar-refractivity contribution in [2.45, 2.75) is 26.7 Å².